The number of esters is 1. The zero-order chi connectivity index (χ0) is 16.8. The topological polar surface area (TPSA) is 108 Å². The lowest BCUT2D eigenvalue weighted by Gasteiger charge is -2.34. The molecule has 1 aliphatic rings. The Morgan fingerprint density at radius 2 is 2.22 bits per heavy atom. The molecule has 1 aromatic rings. The number of nitrogens with zero attached hydrogens (tertiary/aromatic N) is 2. The molecular formula is C15H24N4O4. The molecule has 1 aromatic heterocycles. The van der Waals surface area contributed by atoms with Gasteiger partial charge in [-0.25, -0.2) is 9.78 Å². The Hall–Kier alpha value is -1.93. The van der Waals surface area contributed by atoms with Gasteiger partial charge in [-0.05, 0) is 19.8 Å². The number of nitrogens with one attached hydrogen (secondary N) is 2. The number of piperidine rings is 1. The number of aromatic nitrogens is 2. The van der Waals surface area contributed by atoms with E-state index in [4.69, 9.17) is 4.74 Å². The number of methoxy groups -OCH3 is 1. The standard InChI is InChI=1S/C15H24N4O4/c1-10(19-5-3-12(20)4-6-19)14(21)18-13(15(22)23-2)7-11-8-16-9-17-11/h8-10,12-13,20H,3-7H2,1-2H3,(H,16,17)(H,18,21)/t10?,13-/m1/s1. The van der Waals surface area contributed by atoms with Gasteiger partial charge in [0.15, 0.2) is 0 Å². The molecule has 0 radical (unpaired) electrons. The van der Waals surface area contributed by atoms with E-state index in [1.165, 1.54) is 13.4 Å². The van der Waals surface area contributed by atoms with Crippen molar-refractivity contribution in [2.24, 2.45) is 0 Å². The lowest BCUT2D eigenvalue weighted by atomic mass is 10.1. The zero-order valence-electron chi connectivity index (χ0n) is 13.5. The van der Waals surface area contributed by atoms with Crippen molar-refractivity contribution in [3.8, 4) is 0 Å². The zero-order valence-corrected chi connectivity index (χ0v) is 13.5. The molecule has 1 fully saturated rings. The van der Waals surface area contributed by atoms with E-state index in [-0.39, 0.29) is 18.1 Å². The second-order valence-electron chi connectivity index (χ2n) is 5.81. The van der Waals surface area contributed by atoms with E-state index < -0.39 is 12.0 Å². The van der Waals surface area contributed by atoms with Crippen LogP contribution in [0.15, 0.2) is 12.5 Å². The summed E-state index contributed by atoms with van der Waals surface area (Å²) in [6, 6.07) is -1.12. The average molecular weight is 324 g/mol. The van der Waals surface area contributed by atoms with Crippen molar-refractivity contribution in [3.63, 3.8) is 0 Å². The first kappa shape index (κ1) is 17.4. The number of hydrogen-bond acceptors (Lipinski definition) is 6. The van der Waals surface area contributed by atoms with E-state index in [1.54, 1.807) is 13.1 Å². The summed E-state index contributed by atoms with van der Waals surface area (Å²) in [5.74, 6) is -0.717. The number of imidazole rings is 1. The van der Waals surface area contributed by atoms with Crippen LogP contribution in [-0.4, -0.2) is 70.2 Å². The highest BCUT2D eigenvalue weighted by Gasteiger charge is 2.29. The van der Waals surface area contributed by atoms with Crippen LogP contribution in [0.1, 0.15) is 25.5 Å². The number of H-pyrrole nitrogens is 1. The first-order valence-electron chi connectivity index (χ1n) is 7.78. The van der Waals surface area contributed by atoms with Gasteiger partial charge in [0.1, 0.15) is 6.04 Å². The summed E-state index contributed by atoms with van der Waals surface area (Å²) in [4.78, 5) is 33.2. The van der Waals surface area contributed by atoms with E-state index in [9.17, 15) is 14.7 Å². The van der Waals surface area contributed by atoms with Crippen LogP contribution in [0.5, 0.6) is 0 Å². The number of aromatic amines is 1. The van der Waals surface area contributed by atoms with Crippen LogP contribution in [0.4, 0.5) is 0 Å². The van der Waals surface area contributed by atoms with Crippen LogP contribution in [0, 0.1) is 0 Å². The summed E-state index contributed by atoms with van der Waals surface area (Å²) in [6.07, 6.45) is 4.46. The molecule has 1 amide bonds. The quantitative estimate of drug-likeness (QED) is 0.606. The van der Waals surface area contributed by atoms with Crippen molar-refractivity contribution in [2.45, 2.75) is 44.4 Å². The normalized spacial score (nSPS) is 19.1. The van der Waals surface area contributed by atoms with Gasteiger partial charge < -0.3 is 20.1 Å². The second kappa shape index (κ2) is 8.07. The number of amides is 1. The Balaban J connectivity index is 1.94. The number of ether oxygens (including phenoxy) is 1. The molecule has 2 heterocycles. The van der Waals surface area contributed by atoms with Gasteiger partial charge in [-0.15, -0.1) is 0 Å². The molecular weight excluding hydrogens is 300 g/mol. The predicted octanol–water partition coefficient (Wildman–Crippen LogP) is -0.545. The van der Waals surface area contributed by atoms with Crippen LogP contribution in [0.2, 0.25) is 0 Å². The monoisotopic (exact) mass is 324 g/mol. The minimum Gasteiger partial charge on any atom is -0.467 e. The third-order valence-corrected chi connectivity index (χ3v) is 4.21. The van der Waals surface area contributed by atoms with Crippen molar-refractivity contribution < 1.29 is 19.4 Å². The maximum Gasteiger partial charge on any atom is 0.328 e. The van der Waals surface area contributed by atoms with Crippen molar-refractivity contribution in [1.29, 1.82) is 0 Å². The summed E-state index contributed by atoms with van der Waals surface area (Å²) in [7, 11) is 1.30. The van der Waals surface area contributed by atoms with Crippen LogP contribution in [0.25, 0.3) is 0 Å². The van der Waals surface area contributed by atoms with Gasteiger partial charge in [-0.2, -0.15) is 0 Å². The lowest BCUT2D eigenvalue weighted by molar-refractivity contribution is -0.145. The molecule has 1 unspecified atom stereocenters. The summed E-state index contributed by atoms with van der Waals surface area (Å²) >= 11 is 0. The highest BCUT2D eigenvalue weighted by Crippen LogP contribution is 2.13. The Labute approximate surface area is 135 Å². The average Bonchev–Trinajstić information content (AvgIpc) is 3.06. The fourth-order valence-corrected chi connectivity index (χ4v) is 2.68. The molecule has 23 heavy (non-hydrogen) atoms. The number of carbonyl (C=O) groups excluding carboxylic acids is 2. The van der Waals surface area contributed by atoms with Gasteiger partial charge in [-0.3, -0.25) is 9.69 Å². The van der Waals surface area contributed by atoms with Gasteiger partial charge in [0, 0.05) is 31.4 Å². The van der Waals surface area contributed by atoms with Crippen molar-refractivity contribution in [2.75, 3.05) is 20.2 Å². The number of rotatable bonds is 6. The van der Waals surface area contributed by atoms with Crippen molar-refractivity contribution >= 4 is 11.9 Å². The summed E-state index contributed by atoms with van der Waals surface area (Å²) in [5.41, 5.74) is 0.745. The highest BCUT2D eigenvalue weighted by molar-refractivity contribution is 5.87. The van der Waals surface area contributed by atoms with E-state index in [0.717, 1.165) is 5.69 Å². The predicted molar refractivity (Wildman–Crippen MR) is 82.5 cm³/mol. The second-order valence-corrected chi connectivity index (χ2v) is 5.81. The van der Waals surface area contributed by atoms with Gasteiger partial charge in [0.25, 0.3) is 0 Å². The molecule has 1 saturated heterocycles. The number of carbonyl (C=O) groups is 2. The maximum atomic E-state index is 12.4. The highest BCUT2D eigenvalue weighted by atomic mass is 16.5. The molecule has 3 N–H and O–H groups in total. The lowest BCUT2D eigenvalue weighted by Crippen LogP contribution is -2.53. The van der Waals surface area contributed by atoms with Crippen LogP contribution < -0.4 is 5.32 Å². The molecule has 128 valence electrons. The Bertz CT molecular complexity index is 512. The van der Waals surface area contributed by atoms with Gasteiger partial charge in [0.05, 0.1) is 25.6 Å². The molecule has 0 aromatic carbocycles. The van der Waals surface area contributed by atoms with Crippen molar-refractivity contribution in [1.82, 2.24) is 20.2 Å². The van der Waals surface area contributed by atoms with E-state index >= 15 is 0 Å². The summed E-state index contributed by atoms with van der Waals surface area (Å²) in [5, 5.41) is 12.3. The molecule has 0 bridgehead atoms. The Morgan fingerprint density at radius 1 is 1.52 bits per heavy atom. The molecule has 0 spiro atoms. The summed E-state index contributed by atoms with van der Waals surface area (Å²) < 4.78 is 4.77. The van der Waals surface area contributed by atoms with E-state index in [0.29, 0.717) is 32.4 Å². The van der Waals surface area contributed by atoms with E-state index in [1.807, 2.05) is 4.90 Å². The number of likely N-dealkylation sites (tertiary alicyclic amines) is 1. The van der Waals surface area contributed by atoms with Crippen molar-refractivity contribution in [3.05, 3.63) is 18.2 Å². The molecule has 0 saturated carbocycles. The maximum absolute atomic E-state index is 12.4. The van der Waals surface area contributed by atoms with Gasteiger partial charge >= 0.3 is 5.97 Å². The third kappa shape index (κ3) is 4.77. The number of aliphatic hydroxyl groups excluding tert-OH is 1. The molecule has 8 nitrogen and oxygen atoms in total. The first-order valence-corrected chi connectivity index (χ1v) is 7.78. The summed E-state index contributed by atoms with van der Waals surface area (Å²) in [6.45, 7) is 3.13. The Morgan fingerprint density at radius 3 is 2.78 bits per heavy atom. The van der Waals surface area contributed by atoms with Crippen LogP contribution >= 0.6 is 0 Å². The van der Waals surface area contributed by atoms with E-state index in [2.05, 4.69) is 15.3 Å². The minimum atomic E-state index is -0.759. The molecule has 8 heteroatoms. The van der Waals surface area contributed by atoms with Crippen LogP contribution in [0.3, 0.4) is 0 Å². The smallest absolute Gasteiger partial charge is 0.328 e. The minimum absolute atomic E-state index is 0.226. The number of aliphatic hydroxyl groups is 1. The fourth-order valence-electron chi connectivity index (χ4n) is 2.68. The largest absolute Gasteiger partial charge is 0.467 e. The molecule has 0 aliphatic carbocycles. The number of hydrogen-bond donors (Lipinski definition) is 3. The van der Waals surface area contributed by atoms with Gasteiger partial charge in [0.2, 0.25) is 5.91 Å². The fraction of sp³-hybridized carbons (Fsp3) is 0.667. The third-order valence-electron chi connectivity index (χ3n) is 4.21. The van der Waals surface area contributed by atoms with Gasteiger partial charge in [-0.1, -0.05) is 0 Å². The molecule has 1 aliphatic heterocycles. The van der Waals surface area contributed by atoms with Crippen LogP contribution in [-0.2, 0) is 20.7 Å². The first-order chi connectivity index (χ1) is 11.0. The SMILES string of the molecule is COC(=O)[C@@H](Cc1cnc[nH]1)NC(=O)C(C)N1CCC(O)CC1. The Kier molecular flexibility index (Phi) is 6.12. The molecule has 2 rings (SSSR count). The molecule has 2 atom stereocenters.